The lowest BCUT2D eigenvalue weighted by atomic mass is 9.96. The second kappa shape index (κ2) is 5.94. The van der Waals surface area contributed by atoms with Gasteiger partial charge in [0, 0.05) is 37.9 Å². The Morgan fingerprint density at radius 3 is 2.85 bits per heavy atom. The molecule has 0 saturated carbocycles. The maximum absolute atomic E-state index is 12.7. The third-order valence-corrected chi connectivity index (χ3v) is 4.36. The zero-order valence-corrected chi connectivity index (χ0v) is 12.1. The number of piperazine rings is 1. The second-order valence-electron chi connectivity index (χ2n) is 5.81. The number of hydrogen-bond acceptors (Lipinski definition) is 3. The number of carbonyl (C=O) groups is 1. The molecule has 4 heteroatoms. The van der Waals surface area contributed by atoms with E-state index in [1.54, 1.807) is 0 Å². The number of benzene rings is 1. The molecule has 2 heterocycles. The van der Waals surface area contributed by atoms with E-state index >= 15 is 0 Å². The van der Waals surface area contributed by atoms with Crippen LogP contribution < -0.4 is 10.2 Å². The van der Waals surface area contributed by atoms with Gasteiger partial charge in [-0.25, -0.2) is 0 Å². The fraction of sp³-hybridized carbons (Fsp3) is 0.562. The highest BCUT2D eigenvalue weighted by Gasteiger charge is 2.28. The first-order chi connectivity index (χ1) is 9.75. The Hall–Kier alpha value is -1.39. The van der Waals surface area contributed by atoms with Gasteiger partial charge in [-0.3, -0.25) is 9.69 Å². The molecular formula is C16H23N3O. The van der Waals surface area contributed by atoms with Gasteiger partial charge in [0.2, 0.25) is 5.91 Å². The van der Waals surface area contributed by atoms with Crippen LogP contribution in [0.5, 0.6) is 0 Å². The highest BCUT2D eigenvalue weighted by molar-refractivity contribution is 5.96. The van der Waals surface area contributed by atoms with Crippen LogP contribution in [-0.4, -0.2) is 49.6 Å². The lowest BCUT2D eigenvalue weighted by Gasteiger charge is -2.37. The number of nitrogens with one attached hydrogen (secondary N) is 1. The molecule has 0 aliphatic carbocycles. The van der Waals surface area contributed by atoms with Gasteiger partial charge < -0.3 is 10.2 Å². The van der Waals surface area contributed by atoms with Gasteiger partial charge in [0.25, 0.3) is 0 Å². The summed E-state index contributed by atoms with van der Waals surface area (Å²) >= 11 is 0. The van der Waals surface area contributed by atoms with Crippen LogP contribution in [-0.2, 0) is 11.2 Å². The molecule has 1 aromatic carbocycles. The van der Waals surface area contributed by atoms with Gasteiger partial charge in [-0.1, -0.05) is 18.2 Å². The van der Waals surface area contributed by atoms with Crippen LogP contribution in [0.25, 0.3) is 0 Å². The van der Waals surface area contributed by atoms with E-state index in [1.165, 1.54) is 5.56 Å². The Balaban J connectivity index is 1.76. The van der Waals surface area contributed by atoms with Crippen LogP contribution in [0.15, 0.2) is 24.3 Å². The van der Waals surface area contributed by atoms with E-state index in [0.717, 1.165) is 44.7 Å². The van der Waals surface area contributed by atoms with Gasteiger partial charge in [-0.15, -0.1) is 0 Å². The Labute approximate surface area is 120 Å². The third-order valence-electron chi connectivity index (χ3n) is 4.36. The number of hydrogen-bond donors (Lipinski definition) is 1. The van der Waals surface area contributed by atoms with Crippen molar-refractivity contribution in [3.8, 4) is 0 Å². The normalized spacial score (nSPS) is 23.4. The quantitative estimate of drug-likeness (QED) is 0.881. The predicted molar refractivity (Wildman–Crippen MR) is 81.0 cm³/mol. The van der Waals surface area contributed by atoms with Crippen LogP contribution in [0.3, 0.4) is 0 Å². The highest BCUT2D eigenvalue weighted by atomic mass is 16.2. The van der Waals surface area contributed by atoms with E-state index in [9.17, 15) is 4.79 Å². The number of fused-ring (bicyclic) bond motifs is 1. The maximum Gasteiger partial charge on any atom is 0.241 e. The van der Waals surface area contributed by atoms with Crippen LogP contribution in [0.1, 0.15) is 18.9 Å². The number of nitrogens with zero attached hydrogens (tertiary/aromatic N) is 2. The third kappa shape index (κ3) is 2.72. The van der Waals surface area contributed by atoms with Crippen LogP contribution in [0.2, 0.25) is 0 Å². The summed E-state index contributed by atoms with van der Waals surface area (Å²) < 4.78 is 0. The molecule has 1 N–H and O–H groups in total. The van der Waals surface area contributed by atoms with Crippen LogP contribution >= 0.6 is 0 Å². The summed E-state index contributed by atoms with van der Waals surface area (Å²) in [5.74, 6) is 0.242. The Kier molecular flexibility index (Phi) is 4.03. The van der Waals surface area contributed by atoms with E-state index in [4.69, 9.17) is 0 Å². The first kappa shape index (κ1) is 13.6. The Morgan fingerprint density at radius 1 is 1.30 bits per heavy atom. The average Bonchev–Trinajstić information content (AvgIpc) is 2.48. The van der Waals surface area contributed by atoms with Gasteiger partial charge >= 0.3 is 0 Å². The topological polar surface area (TPSA) is 35.6 Å². The largest absolute Gasteiger partial charge is 0.314 e. The molecule has 1 amide bonds. The summed E-state index contributed by atoms with van der Waals surface area (Å²) in [6, 6.07) is 8.63. The van der Waals surface area contributed by atoms with Crippen molar-refractivity contribution in [2.75, 3.05) is 37.6 Å². The zero-order chi connectivity index (χ0) is 13.9. The second-order valence-corrected chi connectivity index (χ2v) is 5.81. The van der Waals surface area contributed by atoms with Crippen molar-refractivity contribution < 1.29 is 4.79 Å². The molecule has 3 rings (SSSR count). The maximum atomic E-state index is 12.7. The van der Waals surface area contributed by atoms with E-state index in [1.807, 2.05) is 11.0 Å². The number of amides is 1. The Morgan fingerprint density at radius 2 is 2.05 bits per heavy atom. The molecule has 20 heavy (non-hydrogen) atoms. The average molecular weight is 273 g/mol. The number of para-hydroxylation sites is 1. The molecule has 4 nitrogen and oxygen atoms in total. The van der Waals surface area contributed by atoms with Crippen molar-refractivity contribution in [1.29, 1.82) is 0 Å². The summed E-state index contributed by atoms with van der Waals surface area (Å²) in [7, 11) is 0. The van der Waals surface area contributed by atoms with Gasteiger partial charge in [0.15, 0.2) is 0 Å². The fourth-order valence-corrected chi connectivity index (χ4v) is 3.21. The number of rotatable bonds is 2. The van der Waals surface area contributed by atoms with Gasteiger partial charge in [-0.05, 0) is 31.4 Å². The van der Waals surface area contributed by atoms with Gasteiger partial charge in [0.05, 0.1) is 6.54 Å². The molecule has 1 aromatic rings. The number of carbonyl (C=O) groups excluding carboxylic acids is 1. The number of aryl methyl sites for hydroxylation is 1. The summed E-state index contributed by atoms with van der Waals surface area (Å²) in [5.41, 5.74) is 2.42. The minimum Gasteiger partial charge on any atom is -0.314 e. The molecule has 2 aliphatic heterocycles. The molecule has 1 atom stereocenters. The minimum atomic E-state index is 0.242. The van der Waals surface area contributed by atoms with E-state index < -0.39 is 0 Å². The molecule has 1 unspecified atom stereocenters. The molecule has 0 radical (unpaired) electrons. The SMILES string of the molecule is CC1CCc2ccccc2N1C(=O)CN1CCNCC1. The number of anilines is 1. The van der Waals surface area contributed by atoms with Crippen LogP contribution in [0, 0.1) is 0 Å². The summed E-state index contributed by atoms with van der Waals surface area (Å²) in [6.07, 6.45) is 2.14. The Bertz CT molecular complexity index is 482. The molecule has 1 saturated heterocycles. The smallest absolute Gasteiger partial charge is 0.241 e. The van der Waals surface area contributed by atoms with Crippen molar-refractivity contribution in [2.24, 2.45) is 0 Å². The zero-order valence-electron chi connectivity index (χ0n) is 12.1. The van der Waals surface area contributed by atoms with Crippen molar-refractivity contribution >= 4 is 11.6 Å². The molecule has 0 bridgehead atoms. The predicted octanol–water partition coefficient (Wildman–Crippen LogP) is 1.26. The lowest BCUT2D eigenvalue weighted by Crippen LogP contribution is -2.51. The lowest BCUT2D eigenvalue weighted by molar-refractivity contribution is -0.120. The van der Waals surface area contributed by atoms with Crippen molar-refractivity contribution in [2.45, 2.75) is 25.8 Å². The summed E-state index contributed by atoms with van der Waals surface area (Å²) in [4.78, 5) is 17.0. The van der Waals surface area contributed by atoms with Gasteiger partial charge in [0.1, 0.15) is 0 Å². The summed E-state index contributed by atoms with van der Waals surface area (Å²) in [5, 5.41) is 3.33. The highest BCUT2D eigenvalue weighted by Crippen LogP contribution is 2.30. The monoisotopic (exact) mass is 273 g/mol. The van der Waals surface area contributed by atoms with Crippen molar-refractivity contribution in [3.05, 3.63) is 29.8 Å². The van der Waals surface area contributed by atoms with Crippen LogP contribution in [0.4, 0.5) is 5.69 Å². The van der Waals surface area contributed by atoms with E-state index in [2.05, 4.69) is 35.3 Å². The van der Waals surface area contributed by atoms with E-state index in [0.29, 0.717) is 12.6 Å². The fourth-order valence-electron chi connectivity index (χ4n) is 3.21. The minimum absolute atomic E-state index is 0.242. The van der Waals surface area contributed by atoms with Crippen molar-refractivity contribution in [3.63, 3.8) is 0 Å². The first-order valence-electron chi connectivity index (χ1n) is 7.59. The molecular weight excluding hydrogens is 250 g/mol. The van der Waals surface area contributed by atoms with E-state index in [-0.39, 0.29) is 5.91 Å². The first-order valence-corrected chi connectivity index (χ1v) is 7.59. The standard InChI is InChI=1S/C16H23N3O/c1-13-6-7-14-4-2-3-5-15(14)19(13)16(20)12-18-10-8-17-9-11-18/h2-5,13,17H,6-12H2,1H3. The van der Waals surface area contributed by atoms with Gasteiger partial charge in [-0.2, -0.15) is 0 Å². The molecule has 2 aliphatic rings. The summed E-state index contributed by atoms with van der Waals surface area (Å²) in [6.45, 7) is 6.61. The van der Waals surface area contributed by atoms with Crippen molar-refractivity contribution in [1.82, 2.24) is 10.2 Å². The molecule has 1 fully saturated rings. The molecule has 0 aromatic heterocycles. The molecule has 0 spiro atoms. The molecule has 108 valence electrons.